The average molecular weight is 283 g/mol. The highest BCUT2D eigenvalue weighted by atomic mass is 35.5. The second-order valence-corrected chi connectivity index (χ2v) is 5.00. The number of aryl methyl sites for hydroxylation is 1. The first kappa shape index (κ1) is 13.4. The van der Waals surface area contributed by atoms with Crippen LogP contribution in [-0.2, 0) is 6.42 Å². The van der Waals surface area contributed by atoms with Crippen molar-refractivity contribution in [3.8, 4) is 0 Å². The third-order valence-corrected chi connectivity index (χ3v) is 3.64. The Hall–Kier alpha value is -1.05. The minimum Gasteiger partial charge on any atom is -0.207 e. The highest BCUT2D eigenvalue weighted by Crippen LogP contribution is 2.31. The Kier molecular flexibility index (Phi) is 4.26. The van der Waals surface area contributed by atoms with E-state index in [9.17, 15) is 4.39 Å². The molecule has 2 aromatic rings. The summed E-state index contributed by atoms with van der Waals surface area (Å²) in [4.78, 5) is 0. The standard InChI is InChI=1S/C15H13Cl2F/c1-2-10-3-5-11(6-4-10)15(17)13-8-7-12(16)9-14(13)18/h3-9,15H,2H2,1H3. The monoisotopic (exact) mass is 282 g/mol. The van der Waals surface area contributed by atoms with E-state index in [1.54, 1.807) is 12.1 Å². The quantitative estimate of drug-likeness (QED) is 0.664. The van der Waals surface area contributed by atoms with Crippen LogP contribution in [0.3, 0.4) is 0 Å². The topological polar surface area (TPSA) is 0 Å². The fourth-order valence-electron chi connectivity index (χ4n) is 1.81. The van der Waals surface area contributed by atoms with Crippen LogP contribution in [-0.4, -0.2) is 0 Å². The Morgan fingerprint density at radius 3 is 2.33 bits per heavy atom. The Labute approximate surface area is 116 Å². The molecule has 0 bridgehead atoms. The first-order valence-corrected chi connectivity index (χ1v) is 6.61. The number of alkyl halides is 1. The van der Waals surface area contributed by atoms with Crippen molar-refractivity contribution in [2.75, 3.05) is 0 Å². The van der Waals surface area contributed by atoms with E-state index in [-0.39, 0.29) is 5.82 Å². The smallest absolute Gasteiger partial charge is 0.129 e. The third-order valence-electron chi connectivity index (χ3n) is 2.92. The molecule has 0 N–H and O–H groups in total. The molecule has 0 amide bonds. The number of hydrogen-bond donors (Lipinski definition) is 0. The van der Waals surface area contributed by atoms with Gasteiger partial charge in [-0.15, -0.1) is 11.6 Å². The lowest BCUT2D eigenvalue weighted by atomic mass is 10.0. The predicted molar refractivity (Wildman–Crippen MR) is 74.9 cm³/mol. The Morgan fingerprint density at radius 1 is 1.11 bits per heavy atom. The molecule has 3 heteroatoms. The van der Waals surface area contributed by atoms with Crippen molar-refractivity contribution in [3.63, 3.8) is 0 Å². The van der Waals surface area contributed by atoms with E-state index in [2.05, 4.69) is 6.92 Å². The summed E-state index contributed by atoms with van der Waals surface area (Å²) in [6.45, 7) is 2.09. The van der Waals surface area contributed by atoms with Gasteiger partial charge in [-0.05, 0) is 29.7 Å². The van der Waals surface area contributed by atoms with Crippen molar-refractivity contribution in [2.24, 2.45) is 0 Å². The van der Waals surface area contributed by atoms with Crippen LogP contribution in [0.4, 0.5) is 4.39 Å². The van der Waals surface area contributed by atoms with Gasteiger partial charge in [-0.3, -0.25) is 0 Å². The van der Waals surface area contributed by atoms with Crippen LogP contribution in [0.5, 0.6) is 0 Å². The molecular formula is C15H13Cl2F. The molecule has 0 aromatic heterocycles. The molecule has 0 spiro atoms. The minimum absolute atomic E-state index is 0.373. The summed E-state index contributed by atoms with van der Waals surface area (Å²) in [7, 11) is 0. The van der Waals surface area contributed by atoms with E-state index in [1.807, 2.05) is 24.3 Å². The molecule has 0 aliphatic heterocycles. The SMILES string of the molecule is CCc1ccc(C(Cl)c2ccc(Cl)cc2F)cc1. The number of halogens is 3. The van der Waals surface area contributed by atoms with Crippen LogP contribution in [0.1, 0.15) is 29.0 Å². The molecule has 0 aliphatic rings. The first-order chi connectivity index (χ1) is 8.61. The van der Waals surface area contributed by atoms with E-state index in [0.29, 0.717) is 10.6 Å². The summed E-state index contributed by atoms with van der Waals surface area (Å²) in [6.07, 6.45) is 0.975. The maximum atomic E-state index is 13.8. The Bertz CT molecular complexity index is 535. The molecule has 2 aromatic carbocycles. The van der Waals surface area contributed by atoms with Gasteiger partial charge in [-0.1, -0.05) is 48.9 Å². The second kappa shape index (κ2) is 5.73. The molecular weight excluding hydrogens is 270 g/mol. The number of rotatable bonds is 3. The van der Waals surface area contributed by atoms with E-state index >= 15 is 0 Å². The van der Waals surface area contributed by atoms with E-state index in [1.165, 1.54) is 11.6 Å². The summed E-state index contributed by atoms with van der Waals surface area (Å²) in [6, 6.07) is 12.5. The normalized spacial score (nSPS) is 12.4. The van der Waals surface area contributed by atoms with Crippen LogP contribution >= 0.6 is 23.2 Å². The highest BCUT2D eigenvalue weighted by molar-refractivity contribution is 6.30. The molecule has 0 radical (unpaired) electrons. The summed E-state index contributed by atoms with van der Waals surface area (Å²) >= 11 is 12.0. The minimum atomic E-state index is -0.492. The van der Waals surface area contributed by atoms with Crippen molar-refractivity contribution in [2.45, 2.75) is 18.7 Å². The van der Waals surface area contributed by atoms with Crippen molar-refractivity contribution in [3.05, 3.63) is 70.0 Å². The fraction of sp³-hybridized carbons (Fsp3) is 0.200. The first-order valence-electron chi connectivity index (χ1n) is 5.79. The van der Waals surface area contributed by atoms with Crippen LogP contribution in [0.25, 0.3) is 0 Å². The molecule has 0 saturated carbocycles. The average Bonchev–Trinajstić information content (AvgIpc) is 2.38. The molecule has 2 rings (SSSR count). The van der Waals surface area contributed by atoms with Gasteiger partial charge in [0, 0.05) is 10.6 Å². The Morgan fingerprint density at radius 2 is 1.78 bits per heavy atom. The highest BCUT2D eigenvalue weighted by Gasteiger charge is 2.15. The van der Waals surface area contributed by atoms with Gasteiger partial charge in [-0.2, -0.15) is 0 Å². The zero-order valence-electron chi connectivity index (χ0n) is 9.96. The molecule has 0 aliphatic carbocycles. The van der Waals surface area contributed by atoms with Crippen LogP contribution in [0.2, 0.25) is 5.02 Å². The molecule has 1 unspecified atom stereocenters. The van der Waals surface area contributed by atoms with Crippen molar-refractivity contribution in [1.82, 2.24) is 0 Å². The summed E-state index contributed by atoms with van der Waals surface area (Å²) in [5.74, 6) is -0.373. The third kappa shape index (κ3) is 2.85. The Balaban J connectivity index is 2.31. The van der Waals surface area contributed by atoms with Gasteiger partial charge in [0.2, 0.25) is 0 Å². The molecule has 1 atom stereocenters. The van der Waals surface area contributed by atoms with Crippen molar-refractivity contribution < 1.29 is 4.39 Å². The van der Waals surface area contributed by atoms with Crippen molar-refractivity contribution >= 4 is 23.2 Å². The number of hydrogen-bond acceptors (Lipinski definition) is 0. The van der Waals surface area contributed by atoms with Crippen LogP contribution in [0, 0.1) is 5.82 Å². The van der Waals surface area contributed by atoms with Crippen LogP contribution in [0.15, 0.2) is 42.5 Å². The van der Waals surface area contributed by atoms with Gasteiger partial charge >= 0.3 is 0 Å². The van der Waals surface area contributed by atoms with E-state index in [4.69, 9.17) is 23.2 Å². The lowest BCUT2D eigenvalue weighted by Gasteiger charge is -2.12. The largest absolute Gasteiger partial charge is 0.207 e. The molecule has 0 saturated heterocycles. The van der Waals surface area contributed by atoms with E-state index < -0.39 is 5.38 Å². The lowest BCUT2D eigenvalue weighted by Crippen LogP contribution is -1.97. The van der Waals surface area contributed by atoms with Crippen LogP contribution < -0.4 is 0 Å². The van der Waals surface area contributed by atoms with Gasteiger partial charge in [0.15, 0.2) is 0 Å². The van der Waals surface area contributed by atoms with Gasteiger partial charge in [0.05, 0.1) is 5.38 Å². The molecule has 0 fully saturated rings. The predicted octanol–water partition coefficient (Wildman–Crippen LogP) is 5.37. The summed E-state index contributed by atoms with van der Waals surface area (Å²) in [5, 5.41) is -0.116. The zero-order valence-corrected chi connectivity index (χ0v) is 11.5. The maximum Gasteiger partial charge on any atom is 0.129 e. The summed E-state index contributed by atoms with van der Waals surface area (Å²) in [5.41, 5.74) is 2.57. The fourth-order valence-corrected chi connectivity index (χ4v) is 2.29. The lowest BCUT2D eigenvalue weighted by molar-refractivity contribution is 0.612. The molecule has 18 heavy (non-hydrogen) atoms. The summed E-state index contributed by atoms with van der Waals surface area (Å²) < 4.78 is 13.8. The second-order valence-electron chi connectivity index (χ2n) is 4.12. The van der Waals surface area contributed by atoms with E-state index in [0.717, 1.165) is 12.0 Å². The maximum absolute atomic E-state index is 13.8. The number of benzene rings is 2. The zero-order chi connectivity index (χ0) is 13.1. The molecule has 0 nitrogen and oxygen atoms in total. The van der Waals surface area contributed by atoms with Gasteiger partial charge in [0.1, 0.15) is 5.82 Å². The van der Waals surface area contributed by atoms with Gasteiger partial charge in [-0.25, -0.2) is 4.39 Å². The van der Waals surface area contributed by atoms with Gasteiger partial charge < -0.3 is 0 Å². The van der Waals surface area contributed by atoms with Gasteiger partial charge in [0.25, 0.3) is 0 Å². The molecule has 0 heterocycles. The molecule has 94 valence electrons. The van der Waals surface area contributed by atoms with Crippen molar-refractivity contribution in [1.29, 1.82) is 0 Å².